The van der Waals surface area contributed by atoms with Crippen molar-refractivity contribution in [1.82, 2.24) is 0 Å². The standard InChI is InChI=1S/C12H11NO5/c1-18-10-5-9(15)8(4-7(10)11(16)17)12(2-3-12)13-6-14/h4-5,15H,2-3H2,1H3,(H,16,17). The van der Waals surface area contributed by atoms with Gasteiger partial charge in [-0.3, -0.25) is 0 Å². The quantitative estimate of drug-likeness (QED) is 0.621. The second-order valence-corrected chi connectivity index (χ2v) is 4.11. The highest BCUT2D eigenvalue weighted by molar-refractivity contribution is 5.91. The van der Waals surface area contributed by atoms with Crippen LogP contribution in [0.15, 0.2) is 17.1 Å². The van der Waals surface area contributed by atoms with E-state index in [-0.39, 0.29) is 17.1 Å². The topological polar surface area (TPSA) is 96.2 Å². The fourth-order valence-corrected chi connectivity index (χ4v) is 1.92. The van der Waals surface area contributed by atoms with Crippen LogP contribution in [0, 0.1) is 0 Å². The van der Waals surface area contributed by atoms with Gasteiger partial charge in [0.2, 0.25) is 6.08 Å². The average Bonchev–Trinajstić information content (AvgIpc) is 3.09. The minimum Gasteiger partial charge on any atom is -0.507 e. The number of isocyanates is 1. The highest BCUT2D eigenvalue weighted by Gasteiger charge is 2.47. The van der Waals surface area contributed by atoms with Crippen LogP contribution in [0.4, 0.5) is 0 Å². The van der Waals surface area contributed by atoms with Crippen molar-refractivity contribution in [3.05, 3.63) is 23.3 Å². The molecule has 0 bridgehead atoms. The number of aliphatic imine (C=N–C) groups is 1. The van der Waals surface area contributed by atoms with E-state index < -0.39 is 11.5 Å². The van der Waals surface area contributed by atoms with Gasteiger partial charge in [0.1, 0.15) is 22.6 Å². The third-order valence-corrected chi connectivity index (χ3v) is 3.03. The number of rotatable bonds is 4. The maximum absolute atomic E-state index is 11.1. The highest BCUT2D eigenvalue weighted by atomic mass is 16.5. The number of aromatic hydroxyl groups is 1. The maximum atomic E-state index is 11.1. The van der Waals surface area contributed by atoms with Gasteiger partial charge in [0.15, 0.2) is 0 Å². The van der Waals surface area contributed by atoms with Crippen molar-refractivity contribution in [2.24, 2.45) is 4.99 Å². The van der Waals surface area contributed by atoms with Gasteiger partial charge in [0.25, 0.3) is 0 Å². The Morgan fingerprint density at radius 2 is 2.17 bits per heavy atom. The molecule has 2 N–H and O–H groups in total. The van der Waals surface area contributed by atoms with Crippen LogP contribution in [-0.2, 0) is 10.3 Å². The first-order valence-electron chi connectivity index (χ1n) is 5.28. The molecule has 0 saturated heterocycles. The van der Waals surface area contributed by atoms with Crippen molar-refractivity contribution >= 4 is 12.0 Å². The van der Waals surface area contributed by atoms with E-state index in [0.717, 1.165) is 0 Å². The average molecular weight is 249 g/mol. The summed E-state index contributed by atoms with van der Waals surface area (Å²) in [6.45, 7) is 0. The molecule has 0 aromatic heterocycles. The Morgan fingerprint density at radius 1 is 1.50 bits per heavy atom. The summed E-state index contributed by atoms with van der Waals surface area (Å²) in [7, 11) is 1.32. The Labute approximate surface area is 103 Å². The van der Waals surface area contributed by atoms with E-state index in [4.69, 9.17) is 9.84 Å². The second-order valence-electron chi connectivity index (χ2n) is 4.11. The predicted octanol–water partition coefficient (Wildman–Crippen LogP) is 1.42. The summed E-state index contributed by atoms with van der Waals surface area (Å²) in [4.78, 5) is 25.1. The molecule has 1 fully saturated rings. The van der Waals surface area contributed by atoms with E-state index in [1.807, 2.05) is 0 Å². The Kier molecular flexibility index (Phi) is 2.80. The van der Waals surface area contributed by atoms with Crippen molar-refractivity contribution in [2.75, 3.05) is 7.11 Å². The maximum Gasteiger partial charge on any atom is 0.339 e. The molecular formula is C12H11NO5. The number of ether oxygens (including phenoxy) is 1. The Morgan fingerprint density at radius 3 is 2.61 bits per heavy atom. The van der Waals surface area contributed by atoms with Crippen molar-refractivity contribution in [3.63, 3.8) is 0 Å². The molecule has 18 heavy (non-hydrogen) atoms. The number of aromatic carboxylic acids is 1. The summed E-state index contributed by atoms with van der Waals surface area (Å²) < 4.78 is 4.89. The number of methoxy groups -OCH3 is 1. The van der Waals surface area contributed by atoms with E-state index in [1.54, 1.807) is 0 Å². The summed E-state index contributed by atoms with van der Waals surface area (Å²) in [5.74, 6) is -1.23. The summed E-state index contributed by atoms with van der Waals surface area (Å²) in [5, 5.41) is 18.9. The zero-order valence-corrected chi connectivity index (χ0v) is 9.64. The third-order valence-electron chi connectivity index (χ3n) is 3.03. The third kappa shape index (κ3) is 1.83. The minimum atomic E-state index is -1.17. The molecule has 0 aliphatic heterocycles. The molecule has 0 radical (unpaired) electrons. The fraction of sp³-hybridized carbons (Fsp3) is 0.333. The first kappa shape index (κ1) is 12.1. The van der Waals surface area contributed by atoms with Gasteiger partial charge in [-0.1, -0.05) is 0 Å². The molecule has 0 heterocycles. The summed E-state index contributed by atoms with van der Waals surface area (Å²) in [5.41, 5.74) is -0.566. The first-order valence-corrected chi connectivity index (χ1v) is 5.28. The number of carbonyl (C=O) groups is 1. The number of benzene rings is 1. The largest absolute Gasteiger partial charge is 0.507 e. The number of carboxylic acid groups (broad SMARTS) is 1. The molecule has 1 aromatic carbocycles. The normalized spacial score (nSPS) is 15.6. The Bertz CT molecular complexity index is 556. The number of phenolic OH excluding ortho intramolecular Hbond substituents is 1. The van der Waals surface area contributed by atoms with Crippen LogP contribution in [0.25, 0.3) is 0 Å². The van der Waals surface area contributed by atoms with Gasteiger partial charge < -0.3 is 14.9 Å². The fourth-order valence-electron chi connectivity index (χ4n) is 1.92. The van der Waals surface area contributed by atoms with Crippen molar-refractivity contribution in [3.8, 4) is 11.5 Å². The zero-order valence-electron chi connectivity index (χ0n) is 9.64. The first-order chi connectivity index (χ1) is 8.54. The molecule has 0 amide bonds. The lowest BCUT2D eigenvalue weighted by Crippen LogP contribution is -2.07. The molecule has 0 atom stereocenters. The monoisotopic (exact) mass is 249 g/mol. The van der Waals surface area contributed by atoms with Crippen molar-refractivity contribution in [1.29, 1.82) is 0 Å². The zero-order chi connectivity index (χ0) is 13.3. The van der Waals surface area contributed by atoms with Gasteiger partial charge in [0.05, 0.1) is 7.11 Å². The van der Waals surface area contributed by atoms with E-state index in [0.29, 0.717) is 18.4 Å². The van der Waals surface area contributed by atoms with Crippen molar-refractivity contribution in [2.45, 2.75) is 18.4 Å². The number of carboxylic acids is 1. The highest BCUT2D eigenvalue weighted by Crippen LogP contribution is 2.53. The van der Waals surface area contributed by atoms with Gasteiger partial charge in [0, 0.05) is 11.6 Å². The number of hydrogen-bond acceptors (Lipinski definition) is 5. The SMILES string of the molecule is COc1cc(O)c(C2(N=C=O)CC2)cc1C(=O)O. The van der Waals surface area contributed by atoms with Crippen LogP contribution >= 0.6 is 0 Å². The molecule has 1 aliphatic rings. The van der Waals surface area contributed by atoms with E-state index in [1.165, 1.54) is 25.3 Å². The van der Waals surface area contributed by atoms with Gasteiger partial charge in [-0.05, 0) is 18.9 Å². The molecule has 0 spiro atoms. The van der Waals surface area contributed by atoms with Gasteiger partial charge >= 0.3 is 5.97 Å². The van der Waals surface area contributed by atoms with Crippen LogP contribution in [-0.4, -0.2) is 29.4 Å². The minimum absolute atomic E-state index is 0.0645. The second kappa shape index (κ2) is 4.16. The molecule has 1 saturated carbocycles. The van der Waals surface area contributed by atoms with E-state index in [9.17, 15) is 14.7 Å². The van der Waals surface area contributed by atoms with Gasteiger partial charge in [-0.2, -0.15) is 4.99 Å². The molecule has 0 unspecified atom stereocenters. The van der Waals surface area contributed by atoms with Crippen LogP contribution in [0.5, 0.6) is 11.5 Å². The number of hydrogen-bond donors (Lipinski definition) is 2. The lowest BCUT2D eigenvalue weighted by Gasteiger charge is -2.14. The summed E-state index contributed by atoms with van der Waals surface area (Å²) >= 11 is 0. The molecule has 94 valence electrons. The van der Waals surface area contributed by atoms with Gasteiger partial charge in [-0.15, -0.1) is 0 Å². The molecule has 1 aromatic rings. The van der Waals surface area contributed by atoms with Gasteiger partial charge in [-0.25, -0.2) is 9.59 Å². The van der Waals surface area contributed by atoms with Crippen molar-refractivity contribution < 1.29 is 24.5 Å². The smallest absolute Gasteiger partial charge is 0.339 e. The molecule has 2 rings (SSSR count). The van der Waals surface area contributed by atoms with Crippen LogP contribution in [0.1, 0.15) is 28.8 Å². The molecule has 1 aliphatic carbocycles. The number of carbonyl (C=O) groups excluding carboxylic acids is 1. The lowest BCUT2D eigenvalue weighted by atomic mass is 10.0. The predicted molar refractivity (Wildman–Crippen MR) is 60.7 cm³/mol. The van der Waals surface area contributed by atoms with E-state index >= 15 is 0 Å². The lowest BCUT2D eigenvalue weighted by molar-refractivity contribution is 0.0693. The van der Waals surface area contributed by atoms with Crippen LogP contribution in [0.3, 0.4) is 0 Å². The number of phenols is 1. The van der Waals surface area contributed by atoms with Crippen LogP contribution in [0.2, 0.25) is 0 Å². The molecular weight excluding hydrogens is 238 g/mol. The van der Waals surface area contributed by atoms with Crippen LogP contribution < -0.4 is 4.74 Å². The summed E-state index contributed by atoms with van der Waals surface area (Å²) in [6.07, 6.45) is 2.63. The molecule has 6 heteroatoms. The number of nitrogens with zero attached hydrogens (tertiary/aromatic N) is 1. The van der Waals surface area contributed by atoms with E-state index in [2.05, 4.69) is 4.99 Å². The summed E-state index contributed by atoms with van der Waals surface area (Å²) in [6, 6.07) is 2.52. The Hall–Kier alpha value is -2.33. The Balaban J connectivity index is 2.59. The molecule has 6 nitrogen and oxygen atoms in total.